The number of anilines is 1. The minimum Gasteiger partial charge on any atom is -0.370 e. The molecule has 1 aliphatic rings. The third-order valence-corrected chi connectivity index (χ3v) is 4.46. The molecule has 0 amide bonds. The standard InChI is InChI=1S/C15H17ClN4O2/c1-11-8-13(20(21)22)9-14(16)15(11)18-5-2-12(3-6-18)19-7-4-17-10-19/h4,7-10,12H,2-3,5-6H2,1H3. The van der Waals surface area contributed by atoms with Gasteiger partial charge >= 0.3 is 0 Å². The summed E-state index contributed by atoms with van der Waals surface area (Å²) in [6, 6.07) is 3.48. The van der Waals surface area contributed by atoms with E-state index >= 15 is 0 Å². The van der Waals surface area contributed by atoms with Gasteiger partial charge in [-0.15, -0.1) is 0 Å². The van der Waals surface area contributed by atoms with Crippen molar-refractivity contribution in [3.05, 3.63) is 51.6 Å². The molecular weight excluding hydrogens is 304 g/mol. The van der Waals surface area contributed by atoms with Crippen LogP contribution in [0.4, 0.5) is 11.4 Å². The van der Waals surface area contributed by atoms with Gasteiger partial charge in [0.15, 0.2) is 0 Å². The van der Waals surface area contributed by atoms with Gasteiger partial charge < -0.3 is 9.47 Å². The molecule has 1 aliphatic heterocycles. The highest BCUT2D eigenvalue weighted by Crippen LogP contribution is 2.36. The molecule has 1 saturated heterocycles. The molecular formula is C15H17ClN4O2. The van der Waals surface area contributed by atoms with Gasteiger partial charge in [0, 0.05) is 43.7 Å². The van der Waals surface area contributed by atoms with Crippen molar-refractivity contribution in [2.24, 2.45) is 0 Å². The Kier molecular flexibility index (Phi) is 4.02. The molecule has 1 aromatic carbocycles. The average molecular weight is 321 g/mol. The van der Waals surface area contributed by atoms with Crippen LogP contribution in [0.5, 0.6) is 0 Å². The molecule has 0 spiro atoms. The zero-order valence-corrected chi connectivity index (χ0v) is 13.0. The van der Waals surface area contributed by atoms with Crippen molar-refractivity contribution in [2.45, 2.75) is 25.8 Å². The van der Waals surface area contributed by atoms with Crippen molar-refractivity contribution in [1.29, 1.82) is 0 Å². The van der Waals surface area contributed by atoms with Crippen LogP contribution in [-0.2, 0) is 0 Å². The number of hydrogen-bond acceptors (Lipinski definition) is 4. The van der Waals surface area contributed by atoms with Gasteiger partial charge in [0.2, 0.25) is 0 Å². The summed E-state index contributed by atoms with van der Waals surface area (Å²) in [6.45, 7) is 3.62. The molecule has 6 nitrogen and oxygen atoms in total. The van der Waals surface area contributed by atoms with Gasteiger partial charge in [-0.3, -0.25) is 10.1 Å². The lowest BCUT2D eigenvalue weighted by Gasteiger charge is -2.35. The Bertz CT molecular complexity index is 656. The molecule has 2 aromatic rings. The van der Waals surface area contributed by atoms with Crippen LogP contribution in [0.3, 0.4) is 0 Å². The molecule has 0 bridgehead atoms. The van der Waals surface area contributed by atoms with E-state index in [0.29, 0.717) is 11.1 Å². The van der Waals surface area contributed by atoms with Crippen molar-refractivity contribution < 1.29 is 4.92 Å². The summed E-state index contributed by atoms with van der Waals surface area (Å²) in [5, 5.41) is 11.3. The fraction of sp³-hybridized carbons (Fsp3) is 0.400. The summed E-state index contributed by atoms with van der Waals surface area (Å²) >= 11 is 6.29. The molecule has 2 heterocycles. The number of imidazole rings is 1. The van der Waals surface area contributed by atoms with E-state index in [1.165, 1.54) is 6.07 Å². The van der Waals surface area contributed by atoms with E-state index in [2.05, 4.69) is 14.5 Å². The van der Waals surface area contributed by atoms with E-state index in [1.807, 2.05) is 19.4 Å². The first-order valence-electron chi connectivity index (χ1n) is 7.23. The molecule has 0 N–H and O–H groups in total. The number of piperidine rings is 1. The number of benzene rings is 1. The number of nitrogens with zero attached hydrogens (tertiary/aromatic N) is 4. The minimum atomic E-state index is -0.409. The van der Waals surface area contributed by atoms with Crippen LogP contribution in [0.1, 0.15) is 24.4 Å². The van der Waals surface area contributed by atoms with Crippen LogP contribution in [0.25, 0.3) is 0 Å². The van der Waals surface area contributed by atoms with E-state index in [4.69, 9.17) is 11.6 Å². The molecule has 0 unspecified atom stereocenters. The third-order valence-electron chi connectivity index (χ3n) is 4.18. The van der Waals surface area contributed by atoms with E-state index in [-0.39, 0.29) is 5.69 Å². The number of halogens is 1. The maximum atomic E-state index is 10.9. The predicted molar refractivity (Wildman–Crippen MR) is 85.6 cm³/mol. The first-order chi connectivity index (χ1) is 10.6. The summed E-state index contributed by atoms with van der Waals surface area (Å²) < 4.78 is 2.14. The molecule has 116 valence electrons. The minimum absolute atomic E-state index is 0.0413. The van der Waals surface area contributed by atoms with Crippen LogP contribution < -0.4 is 4.90 Å². The molecule has 0 saturated carbocycles. The summed E-state index contributed by atoms with van der Waals surface area (Å²) in [4.78, 5) is 16.8. The Hall–Kier alpha value is -2.08. The Balaban J connectivity index is 1.77. The smallest absolute Gasteiger partial charge is 0.271 e. The number of rotatable bonds is 3. The number of hydrogen-bond donors (Lipinski definition) is 0. The predicted octanol–water partition coefficient (Wildman–Crippen LogP) is 3.59. The van der Waals surface area contributed by atoms with Crippen LogP contribution in [0.15, 0.2) is 30.9 Å². The van der Waals surface area contributed by atoms with Gasteiger partial charge in [0.25, 0.3) is 5.69 Å². The number of aromatic nitrogens is 2. The van der Waals surface area contributed by atoms with E-state index in [1.54, 1.807) is 12.3 Å². The molecule has 0 aliphatic carbocycles. The zero-order chi connectivity index (χ0) is 15.7. The second kappa shape index (κ2) is 5.96. The SMILES string of the molecule is Cc1cc([N+](=O)[O-])cc(Cl)c1N1CCC(n2ccnc2)CC1. The fourth-order valence-corrected chi connectivity index (χ4v) is 3.48. The van der Waals surface area contributed by atoms with Gasteiger partial charge in [-0.1, -0.05) is 11.6 Å². The van der Waals surface area contributed by atoms with Crippen molar-refractivity contribution in [3.63, 3.8) is 0 Å². The van der Waals surface area contributed by atoms with Crippen LogP contribution in [0, 0.1) is 17.0 Å². The molecule has 22 heavy (non-hydrogen) atoms. The highest BCUT2D eigenvalue weighted by molar-refractivity contribution is 6.33. The van der Waals surface area contributed by atoms with Crippen molar-refractivity contribution in [3.8, 4) is 0 Å². The second-order valence-corrected chi connectivity index (χ2v) is 5.99. The Morgan fingerprint density at radius 3 is 2.64 bits per heavy atom. The lowest BCUT2D eigenvalue weighted by atomic mass is 10.0. The first-order valence-corrected chi connectivity index (χ1v) is 7.61. The highest BCUT2D eigenvalue weighted by Gasteiger charge is 2.24. The van der Waals surface area contributed by atoms with Gasteiger partial charge in [-0.2, -0.15) is 0 Å². The maximum absolute atomic E-state index is 10.9. The molecule has 0 atom stereocenters. The molecule has 1 fully saturated rings. The molecule has 7 heteroatoms. The second-order valence-electron chi connectivity index (χ2n) is 5.58. The van der Waals surface area contributed by atoms with E-state index in [9.17, 15) is 10.1 Å². The maximum Gasteiger partial charge on any atom is 0.271 e. The van der Waals surface area contributed by atoms with E-state index in [0.717, 1.165) is 37.2 Å². The van der Waals surface area contributed by atoms with Crippen molar-refractivity contribution in [1.82, 2.24) is 9.55 Å². The Morgan fingerprint density at radius 1 is 1.36 bits per heavy atom. The average Bonchev–Trinajstić information content (AvgIpc) is 3.01. The topological polar surface area (TPSA) is 64.2 Å². The summed E-state index contributed by atoms with van der Waals surface area (Å²) in [7, 11) is 0. The van der Waals surface area contributed by atoms with Gasteiger partial charge in [-0.05, 0) is 25.3 Å². The number of non-ortho nitro benzene ring substituents is 1. The van der Waals surface area contributed by atoms with Crippen LogP contribution in [-0.4, -0.2) is 27.6 Å². The zero-order valence-electron chi connectivity index (χ0n) is 12.3. The van der Waals surface area contributed by atoms with Crippen molar-refractivity contribution in [2.75, 3.05) is 18.0 Å². The summed E-state index contributed by atoms with van der Waals surface area (Å²) in [5.41, 5.74) is 1.80. The quantitative estimate of drug-likeness (QED) is 0.640. The highest BCUT2D eigenvalue weighted by atomic mass is 35.5. The lowest BCUT2D eigenvalue weighted by molar-refractivity contribution is -0.384. The van der Waals surface area contributed by atoms with Crippen LogP contribution >= 0.6 is 11.6 Å². The largest absolute Gasteiger partial charge is 0.370 e. The molecule has 0 radical (unpaired) electrons. The first kappa shape index (κ1) is 14.8. The lowest BCUT2D eigenvalue weighted by Crippen LogP contribution is -2.35. The fourth-order valence-electron chi connectivity index (χ4n) is 3.10. The van der Waals surface area contributed by atoms with Crippen molar-refractivity contribution >= 4 is 23.0 Å². The number of nitro groups is 1. The van der Waals surface area contributed by atoms with Crippen LogP contribution in [0.2, 0.25) is 5.02 Å². The van der Waals surface area contributed by atoms with Gasteiger partial charge in [-0.25, -0.2) is 4.98 Å². The number of nitro benzene ring substituents is 1. The monoisotopic (exact) mass is 320 g/mol. The van der Waals surface area contributed by atoms with Gasteiger partial charge in [0.1, 0.15) is 0 Å². The Morgan fingerprint density at radius 2 is 2.09 bits per heavy atom. The Labute approximate surface area is 133 Å². The summed E-state index contributed by atoms with van der Waals surface area (Å²) in [6.07, 6.45) is 7.64. The number of aryl methyl sites for hydroxylation is 1. The van der Waals surface area contributed by atoms with Gasteiger partial charge in [0.05, 0.1) is 22.0 Å². The van der Waals surface area contributed by atoms with E-state index < -0.39 is 4.92 Å². The summed E-state index contributed by atoms with van der Waals surface area (Å²) in [5.74, 6) is 0. The third kappa shape index (κ3) is 2.78. The molecule has 1 aromatic heterocycles. The normalized spacial score (nSPS) is 16.0. The molecule has 3 rings (SSSR count).